The first-order chi connectivity index (χ1) is 13.9. The molecule has 0 saturated carbocycles. The number of hydrogen-bond acceptors (Lipinski definition) is 7. The fourth-order valence-corrected chi connectivity index (χ4v) is 4.75. The van der Waals surface area contributed by atoms with Crippen molar-refractivity contribution in [2.24, 2.45) is 16.1 Å². The summed E-state index contributed by atoms with van der Waals surface area (Å²) in [6, 6.07) is 9.56. The number of aromatic nitrogens is 1. The molecule has 3 aliphatic heterocycles. The molecule has 2 N–H and O–H groups in total. The first-order valence-electron chi connectivity index (χ1n) is 9.68. The van der Waals surface area contributed by atoms with Gasteiger partial charge in [0.25, 0.3) is 6.02 Å². The number of Topliss-reactive ketones (excluding diaryl/α,β-unsaturated/α-hetero) is 1. The maximum Gasteiger partial charge on any atom is 0.283 e. The molecule has 0 radical (unpaired) electrons. The zero-order valence-electron chi connectivity index (χ0n) is 16.5. The van der Waals surface area contributed by atoms with Gasteiger partial charge in [0, 0.05) is 29.9 Å². The molecule has 1 aromatic carbocycles. The monoisotopic (exact) mass is 393 g/mol. The van der Waals surface area contributed by atoms with E-state index in [1.165, 1.54) is 0 Å². The van der Waals surface area contributed by atoms with E-state index in [2.05, 4.69) is 18.8 Å². The molecule has 2 spiro atoms. The summed E-state index contributed by atoms with van der Waals surface area (Å²) >= 11 is 0. The van der Waals surface area contributed by atoms with Gasteiger partial charge in [0.1, 0.15) is 23.5 Å². The van der Waals surface area contributed by atoms with Crippen molar-refractivity contribution in [3.8, 4) is 5.75 Å². The molecular weight excluding hydrogens is 370 g/mol. The number of rotatable bonds is 3. The minimum atomic E-state index is -0.695. The molecule has 5 rings (SSSR count). The van der Waals surface area contributed by atoms with E-state index in [0.717, 1.165) is 16.9 Å². The van der Waals surface area contributed by atoms with Crippen LogP contribution in [0.2, 0.25) is 0 Å². The van der Waals surface area contributed by atoms with Crippen LogP contribution in [-0.2, 0) is 21.4 Å². The second kappa shape index (κ2) is 6.03. The molecule has 0 aliphatic carbocycles. The van der Waals surface area contributed by atoms with E-state index in [4.69, 9.17) is 24.9 Å². The van der Waals surface area contributed by atoms with Gasteiger partial charge in [-0.15, -0.1) is 0 Å². The minimum Gasteiger partial charge on any atom is -0.487 e. The maximum absolute atomic E-state index is 12.7. The molecule has 0 bridgehead atoms. The van der Waals surface area contributed by atoms with Gasteiger partial charge in [-0.2, -0.15) is 0 Å². The molecule has 4 heterocycles. The van der Waals surface area contributed by atoms with E-state index < -0.39 is 11.1 Å². The Labute approximate surface area is 168 Å². The molecule has 150 valence electrons. The number of carbonyl (C=O) groups excluding carboxylic acids is 1. The summed E-state index contributed by atoms with van der Waals surface area (Å²) in [6.45, 7) is 5.48. The highest BCUT2D eigenvalue weighted by molar-refractivity contribution is 5.97. The summed E-state index contributed by atoms with van der Waals surface area (Å²) in [5.74, 6) is 0.753. The maximum atomic E-state index is 12.7. The summed E-state index contributed by atoms with van der Waals surface area (Å²) in [6.07, 6.45) is 3.51. The average molecular weight is 393 g/mol. The number of benzene rings is 1. The number of pyridine rings is 1. The van der Waals surface area contributed by atoms with Crippen LogP contribution in [0.25, 0.3) is 0 Å². The van der Waals surface area contributed by atoms with Gasteiger partial charge in [0.05, 0.1) is 18.6 Å². The standard InChI is InChI=1S/C22H23N3O4/c1-20(2)21(11-27-12-21)22(13-28-19(23)25-22)16-8-14(5-6-18(16)29-20)9-17(26)15-4-3-7-24-10-15/h3-8,10H,9,11-13H2,1-2H3,(H2,23,25). The quantitative estimate of drug-likeness (QED) is 0.804. The number of ketones is 1. The number of nitrogens with zero attached hydrogens (tertiary/aromatic N) is 2. The Kier molecular flexibility index (Phi) is 3.77. The van der Waals surface area contributed by atoms with E-state index in [0.29, 0.717) is 25.4 Å². The van der Waals surface area contributed by atoms with Gasteiger partial charge in [0.2, 0.25) is 0 Å². The number of fused-ring (bicyclic) bond motifs is 3. The van der Waals surface area contributed by atoms with Crippen molar-refractivity contribution in [3.05, 3.63) is 59.4 Å². The van der Waals surface area contributed by atoms with E-state index in [9.17, 15) is 4.79 Å². The van der Waals surface area contributed by atoms with Gasteiger partial charge in [0.15, 0.2) is 5.78 Å². The predicted octanol–water partition coefficient (Wildman–Crippen LogP) is 2.23. The lowest BCUT2D eigenvalue weighted by atomic mass is 9.55. The Hall–Kier alpha value is -2.93. The number of hydrogen-bond donors (Lipinski definition) is 1. The molecule has 1 aromatic heterocycles. The highest BCUT2D eigenvalue weighted by atomic mass is 16.5. The molecule has 7 nitrogen and oxygen atoms in total. The van der Waals surface area contributed by atoms with Crippen LogP contribution in [-0.4, -0.2) is 42.2 Å². The molecule has 1 unspecified atom stereocenters. The zero-order valence-corrected chi connectivity index (χ0v) is 16.5. The van der Waals surface area contributed by atoms with Crippen LogP contribution in [0.4, 0.5) is 0 Å². The fraction of sp³-hybridized carbons (Fsp3) is 0.409. The molecule has 0 amide bonds. The van der Waals surface area contributed by atoms with Gasteiger partial charge < -0.3 is 19.9 Å². The topological polar surface area (TPSA) is 96.0 Å². The summed E-state index contributed by atoms with van der Waals surface area (Å²) < 4.78 is 17.7. The number of carbonyl (C=O) groups is 1. The molecule has 3 aliphatic rings. The Morgan fingerprint density at radius 2 is 2.03 bits per heavy atom. The van der Waals surface area contributed by atoms with Crippen molar-refractivity contribution < 1.29 is 19.0 Å². The fourth-order valence-electron chi connectivity index (χ4n) is 4.75. The van der Waals surface area contributed by atoms with E-state index in [1.807, 2.05) is 18.2 Å². The summed E-state index contributed by atoms with van der Waals surface area (Å²) in [5.41, 5.74) is 6.75. The number of amidine groups is 1. The van der Waals surface area contributed by atoms with Crippen molar-refractivity contribution >= 4 is 11.8 Å². The van der Waals surface area contributed by atoms with Crippen molar-refractivity contribution in [3.63, 3.8) is 0 Å². The van der Waals surface area contributed by atoms with Gasteiger partial charge in [-0.25, -0.2) is 4.99 Å². The number of aliphatic imine (C=N–C) groups is 1. The lowest BCUT2D eigenvalue weighted by Gasteiger charge is -2.61. The van der Waals surface area contributed by atoms with E-state index in [-0.39, 0.29) is 23.6 Å². The normalized spacial score (nSPS) is 25.5. The summed E-state index contributed by atoms with van der Waals surface area (Å²) in [5, 5.41) is 0. The molecular formula is C22H23N3O4. The van der Waals surface area contributed by atoms with Crippen molar-refractivity contribution in [1.29, 1.82) is 0 Å². The van der Waals surface area contributed by atoms with Crippen LogP contribution in [0.15, 0.2) is 47.7 Å². The predicted molar refractivity (Wildman–Crippen MR) is 106 cm³/mol. The number of ether oxygens (including phenoxy) is 3. The third-order valence-corrected chi connectivity index (χ3v) is 6.57. The Balaban J connectivity index is 1.59. The highest BCUT2D eigenvalue weighted by Crippen LogP contribution is 2.62. The lowest BCUT2D eigenvalue weighted by molar-refractivity contribution is -0.247. The van der Waals surface area contributed by atoms with Crippen molar-refractivity contribution in [2.45, 2.75) is 31.4 Å². The van der Waals surface area contributed by atoms with Gasteiger partial charge >= 0.3 is 0 Å². The molecule has 1 fully saturated rings. The van der Waals surface area contributed by atoms with Crippen LogP contribution in [0.3, 0.4) is 0 Å². The Morgan fingerprint density at radius 1 is 1.21 bits per heavy atom. The van der Waals surface area contributed by atoms with E-state index >= 15 is 0 Å². The molecule has 29 heavy (non-hydrogen) atoms. The third-order valence-electron chi connectivity index (χ3n) is 6.57. The molecule has 1 atom stereocenters. The van der Waals surface area contributed by atoms with Crippen molar-refractivity contribution in [2.75, 3.05) is 19.8 Å². The van der Waals surface area contributed by atoms with Gasteiger partial charge in [-0.3, -0.25) is 9.78 Å². The second-order valence-corrected chi connectivity index (χ2v) is 8.46. The average Bonchev–Trinajstić information content (AvgIpc) is 3.03. The number of nitrogens with two attached hydrogens (primary N) is 1. The summed E-state index contributed by atoms with van der Waals surface area (Å²) in [4.78, 5) is 21.5. The third kappa shape index (κ3) is 2.43. The van der Waals surface area contributed by atoms with Crippen LogP contribution < -0.4 is 10.5 Å². The van der Waals surface area contributed by atoms with Crippen LogP contribution in [0.1, 0.15) is 35.3 Å². The Bertz CT molecular complexity index is 1010. The highest BCUT2D eigenvalue weighted by Gasteiger charge is 2.71. The Morgan fingerprint density at radius 3 is 2.66 bits per heavy atom. The largest absolute Gasteiger partial charge is 0.487 e. The molecule has 2 aromatic rings. The molecule has 7 heteroatoms. The summed E-state index contributed by atoms with van der Waals surface area (Å²) in [7, 11) is 0. The second-order valence-electron chi connectivity index (χ2n) is 8.46. The van der Waals surface area contributed by atoms with Crippen LogP contribution in [0, 0.1) is 5.41 Å². The van der Waals surface area contributed by atoms with Crippen molar-refractivity contribution in [1.82, 2.24) is 4.98 Å². The van der Waals surface area contributed by atoms with E-state index in [1.54, 1.807) is 24.5 Å². The molecule has 1 saturated heterocycles. The first-order valence-corrected chi connectivity index (χ1v) is 9.68. The first kappa shape index (κ1) is 18.1. The van der Waals surface area contributed by atoms with Gasteiger partial charge in [-0.05, 0) is 43.7 Å². The van der Waals surface area contributed by atoms with Crippen LogP contribution in [0.5, 0.6) is 5.75 Å². The lowest BCUT2D eigenvalue weighted by Crippen LogP contribution is -2.71. The minimum absolute atomic E-state index is 0.0107. The van der Waals surface area contributed by atoms with Crippen LogP contribution >= 0.6 is 0 Å². The smallest absolute Gasteiger partial charge is 0.283 e. The zero-order chi connectivity index (χ0) is 20.3. The van der Waals surface area contributed by atoms with Gasteiger partial charge in [-0.1, -0.05) is 6.07 Å². The SMILES string of the molecule is CC1(C)Oc2ccc(CC(=O)c3cccnc3)cc2C2(COC(N)=N2)C12COC2.